The summed E-state index contributed by atoms with van der Waals surface area (Å²) in [6.07, 6.45) is 5.50. The Kier molecular flexibility index (Phi) is 7.98. The van der Waals surface area contributed by atoms with E-state index in [1.54, 1.807) is 0 Å². The summed E-state index contributed by atoms with van der Waals surface area (Å²) in [5.41, 5.74) is 1.95. The topological polar surface area (TPSA) is 52.7 Å². The number of carbonyl (C=O) groups excluding carboxylic acids is 2. The summed E-state index contributed by atoms with van der Waals surface area (Å²) in [6.45, 7) is 3.46. The van der Waals surface area contributed by atoms with Gasteiger partial charge in [-0.25, -0.2) is 0 Å². The molecule has 0 bridgehead atoms. The van der Waals surface area contributed by atoms with Crippen LogP contribution in [0.1, 0.15) is 41.6 Å². The lowest BCUT2D eigenvalue weighted by molar-refractivity contribution is -0.129. The SMILES string of the molecule is O=C(NCCc1ccccc1)[C@H](C1CCCC1)N1CCN(C(=O)c2cccc(Br)c2)CC1. The molecule has 0 radical (unpaired) electrons. The van der Waals surface area contributed by atoms with E-state index in [1.165, 1.54) is 18.4 Å². The molecule has 1 N–H and O–H groups in total. The number of hydrogen-bond donors (Lipinski definition) is 1. The zero-order valence-electron chi connectivity index (χ0n) is 18.5. The van der Waals surface area contributed by atoms with Crippen LogP contribution in [0.25, 0.3) is 0 Å². The quantitative estimate of drug-likeness (QED) is 0.625. The molecule has 6 heteroatoms. The number of carbonyl (C=O) groups is 2. The molecule has 1 aliphatic heterocycles. The number of rotatable bonds is 7. The van der Waals surface area contributed by atoms with Crippen LogP contribution in [0.3, 0.4) is 0 Å². The van der Waals surface area contributed by atoms with Crippen LogP contribution in [-0.4, -0.2) is 60.4 Å². The van der Waals surface area contributed by atoms with Crippen molar-refractivity contribution >= 4 is 27.7 Å². The van der Waals surface area contributed by atoms with Crippen molar-refractivity contribution in [3.63, 3.8) is 0 Å². The molecule has 5 nitrogen and oxygen atoms in total. The predicted octanol–water partition coefficient (Wildman–Crippen LogP) is 4.12. The highest BCUT2D eigenvalue weighted by Gasteiger charge is 2.37. The minimum atomic E-state index is -0.0867. The van der Waals surface area contributed by atoms with Crippen LogP contribution >= 0.6 is 15.9 Å². The van der Waals surface area contributed by atoms with Crippen molar-refractivity contribution in [1.82, 2.24) is 15.1 Å². The number of nitrogens with one attached hydrogen (secondary N) is 1. The normalized spacial score (nSPS) is 18.5. The van der Waals surface area contributed by atoms with Crippen LogP contribution < -0.4 is 5.32 Å². The Balaban J connectivity index is 1.35. The van der Waals surface area contributed by atoms with Crippen molar-refractivity contribution in [3.05, 3.63) is 70.2 Å². The van der Waals surface area contributed by atoms with Gasteiger partial charge >= 0.3 is 0 Å². The van der Waals surface area contributed by atoms with Gasteiger partial charge < -0.3 is 10.2 Å². The van der Waals surface area contributed by atoms with Gasteiger partial charge in [-0.2, -0.15) is 0 Å². The molecule has 2 aliphatic rings. The summed E-state index contributed by atoms with van der Waals surface area (Å²) in [4.78, 5) is 30.4. The molecule has 2 amide bonds. The van der Waals surface area contributed by atoms with Crippen LogP contribution in [0.2, 0.25) is 0 Å². The second-order valence-electron chi connectivity index (χ2n) is 8.85. The highest BCUT2D eigenvalue weighted by molar-refractivity contribution is 9.10. The molecular formula is C26H32BrN3O2. The maximum absolute atomic E-state index is 13.3. The molecule has 2 fully saturated rings. The molecule has 4 rings (SSSR count). The van der Waals surface area contributed by atoms with E-state index in [1.807, 2.05) is 47.4 Å². The fourth-order valence-corrected chi connectivity index (χ4v) is 5.44. The van der Waals surface area contributed by atoms with E-state index in [2.05, 4.69) is 38.3 Å². The summed E-state index contributed by atoms with van der Waals surface area (Å²) in [6, 6.07) is 17.7. The number of nitrogens with zero attached hydrogens (tertiary/aromatic N) is 2. The van der Waals surface area contributed by atoms with Crippen molar-refractivity contribution in [2.75, 3.05) is 32.7 Å². The standard InChI is InChI=1S/C26H32BrN3O2/c27-23-12-6-11-22(19-23)26(32)30-17-15-29(16-18-30)24(21-9-4-5-10-21)25(31)28-14-13-20-7-2-1-3-8-20/h1-3,6-8,11-12,19,21,24H,4-5,9-10,13-18H2,(H,28,31)/t24-/m0/s1. The summed E-state index contributed by atoms with van der Waals surface area (Å²) < 4.78 is 0.912. The molecular weight excluding hydrogens is 466 g/mol. The van der Waals surface area contributed by atoms with Gasteiger partial charge in [-0.15, -0.1) is 0 Å². The molecule has 1 heterocycles. The Labute approximate surface area is 199 Å². The van der Waals surface area contributed by atoms with Crippen molar-refractivity contribution in [2.24, 2.45) is 5.92 Å². The zero-order chi connectivity index (χ0) is 22.3. The summed E-state index contributed by atoms with van der Waals surface area (Å²) in [5, 5.41) is 3.21. The molecule has 2 aromatic rings. The van der Waals surface area contributed by atoms with Crippen LogP contribution in [0.15, 0.2) is 59.1 Å². The smallest absolute Gasteiger partial charge is 0.253 e. The van der Waals surface area contributed by atoms with E-state index in [9.17, 15) is 9.59 Å². The minimum Gasteiger partial charge on any atom is -0.354 e. The van der Waals surface area contributed by atoms with E-state index in [0.29, 0.717) is 31.1 Å². The lowest BCUT2D eigenvalue weighted by Crippen LogP contribution is -2.58. The van der Waals surface area contributed by atoms with Crippen LogP contribution in [-0.2, 0) is 11.2 Å². The second-order valence-corrected chi connectivity index (χ2v) is 9.77. The van der Waals surface area contributed by atoms with Crippen molar-refractivity contribution in [1.29, 1.82) is 0 Å². The van der Waals surface area contributed by atoms with Gasteiger partial charge in [0.25, 0.3) is 5.91 Å². The lowest BCUT2D eigenvalue weighted by Gasteiger charge is -2.40. The second kappa shape index (κ2) is 11.1. The van der Waals surface area contributed by atoms with Crippen LogP contribution in [0.4, 0.5) is 0 Å². The van der Waals surface area contributed by atoms with Gasteiger partial charge in [0.1, 0.15) is 0 Å². The Bertz CT molecular complexity index is 906. The van der Waals surface area contributed by atoms with E-state index in [0.717, 1.165) is 36.8 Å². The number of piperazine rings is 1. The largest absolute Gasteiger partial charge is 0.354 e. The summed E-state index contributed by atoms with van der Waals surface area (Å²) in [7, 11) is 0. The highest BCUT2D eigenvalue weighted by atomic mass is 79.9. The average molecular weight is 498 g/mol. The maximum Gasteiger partial charge on any atom is 0.253 e. The molecule has 1 aliphatic carbocycles. The molecule has 1 saturated carbocycles. The highest BCUT2D eigenvalue weighted by Crippen LogP contribution is 2.31. The molecule has 1 atom stereocenters. The van der Waals surface area contributed by atoms with E-state index < -0.39 is 0 Å². The minimum absolute atomic E-state index is 0.0654. The van der Waals surface area contributed by atoms with Gasteiger partial charge in [0.05, 0.1) is 6.04 Å². The predicted molar refractivity (Wildman–Crippen MR) is 131 cm³/mol. The molecule has 0 unspecified atom stereocenters. The van der Waals surface area contributed by atoms with Crippen molar-refractivity contribution in [3.8, 4) is 0 Å². The Morgan fingerprint density at radius 3 is 2.38 bits per heavy atom. The zero-order valence-corrected chi connectivity index (χ0v) is 20.1. The van der Waals surface area contributed by atoms with Crippen LogP contribution in [0, 0.1) is 5.92 Å². The van der Waals surface area contributed by atoms with Crippen LogP contribution in [0.5, 0.6) is 0 Å². The molecule has 170 valence electrons. The fraction of sp³-hybridized carbons (Fsp3) is 0.462. The summed E-state index contributed by atoms with van der Waals surface area (Å²) >= 11 is 3.45. The van der Waals surface area contributed by atoms with Gasteiger partial charge in [0.2, 0.25) is 5.91 Å². The van der Waals surface area contributed by atoms with E-state index in [4.69, 9.17) is 0 Å². The number of hydrogen-bond acceptors (Lipinski definition) is 3. The summed E-state index contributed by atoms with van der Waals surface area (Å²) in [5.74, 6) is 0.634. The van der Waals surface area contributed by atoms with Gasteiger partial charge in [0.15, 0.2) is 0 Å². The third kappa shape index (κ3) is 5.78. The fourth-order valence-electron chi connectivity index (χ4n) is 5.04. The first kappa shape index (κ1) is 23.0. The molecule has 0 aromatic heterocycles. The first-order valence-corrected chi connectivity index (χ1v) is 12.5. The Hall–Kier alpha value is -2.18. The van der Waals surface area contributed by atoms with Gasteiger partial charge in [-0.3, -0.25) is 14.5 Å². The maximum atomic E-state index is 13.3. The van der Waals surface area contributed by atoms with E-state index >= 15 is 0 Å². The first-order chi connectivity index (χ1) is 15.6. The van der Waals surface area contributed by atoms with Gasteiger partial charge in [0, 0.05) is 42.8 Å². The number of halogens is 1. The Morgan fingerprint density at radius 1 is 0.969 bits per heavy atom. The van der Waals surface area contributed by atoms with Crippen molar-refractivity contribution < 1.29 is 9.59 Å². The van der Waals surface area contributed by atoms with Crippen molar-refractivity contribution in [2.45, 2.75) is 38.1 Å². The van der Waals surface area contributed by atoms with E-state index in [-0.39, 0.29) is 17.9 Å². The number of amides is 2. The van der Waals surface area contributed by atoms with Gasteiger partial charge in [-0.1, -0.05) is 65.2 Å². The van der Waals surface area contributed by atoms with Gasteiger partial charge in [-0.05, 0) is 48.9 Å². The lowest BCUT2D eigenvalue weighted by atomic mass is 9.94. The molecule has 2 aromatic carbocycles. The third-order valence-corrected chi connectivity index (χ3v) is 7.23. The Morgan fingerprint density at radius 2 is 1.69 bits per heavy atom. The third-order valence-electron chi connectivity index (χ3n) is 6.74. The monoisotopic (exact) mass is 497 g/mol. The molecule has 32 heavy (non-hydrogen) atoms. The first-order valence-electron chi connectivity index (χ1n) is 11.7. The molecule has 0 spiro atoms. The number of benzene rings is 2. The average Bonchev–Trinajstić information content (AvgIpc) is 3.34. The molecule has 1 saturated heterocycles.